The molecule has 1 aromatic heterocycles. The molecule has 1 heterocycles. The molecular weight excluding hydrogens is 284 g/mol. The van der Waals surface area contributed by atoms with Crippen LogP contribution in [0.5, 0.6) is 0 Å². The number of carbonyl (C=O) groups is 1. The summed E-state index contributed by atoms with van der Waals surface area (Å²) in [5, 5.41) is 6.37. The normalized spacial score (nSPS) is 12.0. The second-order valence-corrected chi connectivity index (χ2v) is 6.08. The summed E-state index contributed by atoms with van der Waals surface area (Å²) in [6.07, 6.45) is 0. The summed E-state index contributed by atoms with van der Waals surface area (Å²) in [4.78, 5) is 17.9. The van der Waals surface area contributed by atoms with Crippen molar-refractivity contribution < 1.29 is 4.79 Å². The molecule has 1 aromatic carbocycles. The molecule has 1 amide bonds. The van der Waals surface area contributed by atoms with Crippen LogP contribution >= 0.6 is 11.3 Å². The van der Waals surface area contributed by atoms with Crippen LogP contribution in [0.25, 0.3) is 0 Å². The van der Waals surface area contributed by atoms with Crippen LogP contribution in [-0.4, -0.2) is 29.9 Å². The van der Waals surface area contributed by atoms with Gasteiger partial charge in [0.25, 0.3) is 5.91 Å². The van der Waals surface area contributed by atoms with Gasteiger partial charge in [-0.15, -0.1) is 11.3 Å². The largest absolute Gasteiger partial charge is 0.397 e. The number of nitrogens with one attached hydrogen (secondary N) is 1. The van der Waals surface area contributed by atoms with Crippen molar-refractivity contribution in [2.24, 2.45) is 0 Å². The number of nitrogens with two attached hydrogens (primary N) is 1. The molecule has 0 saturated heterocycles. The molecule has 112 valence electrons. The third-order valence-corrected chi connectivity index (χ3v) is 4.23. The predicted molar refractivity (Wildman–Crippen MR) is 87.8 cm³/mol. The predicted octanol–water partition coefficient (Wildman–Crippen LogP) is 2.91. The van der Waals surface area contributed by atoms with Crippen molar-refractivity contribution in [1.29, 1.82) is 0 Å². The molecule has 2 rings (SSSR count). The van der Waals surface area contributed by atoms with Gasteiger partial charge in [0.1, 0.15) is 5.01 Å². The lowest BCUT2D eigenvalue weighted by Crippen LogP contribution is -2.21. The van der Waals surface area contributed by atoms with Crippen molar-refractivity contribution in [2.75, 3.05) is 25.1 Å². The number of anilines is 2. The third-order valence-electron chi connectivity index (χ3n) is 3.08. The Morgan fingerprint density at radius 3 is 2.67 bits per heavy atom. The van der Waals surface area contributed by atoms with E-state index >= 15 is 0 Å². The van der Waals surface area contributed by atoms with Gasteiger partial charge in [0, 0.05) is 30.7 Å². The Bertz CT molecular complexity index is 651. The van der Waals surface area contributed by atoms with E-state index in [4.69, 9.17) is 5.73 Å². The first-order valence-electron chi connectivity index (χ1n) is 6.68. The first-order valence-corrected chi connectivity index (χ1v) is 7.56. The zero-order valence-electron chi connectivity index (χ0n) is 12.7. The lowest BCUT2D eigenvalue weighted by molar-refractivity contribution is 0.0827. The Labute approximate surface area is 128 Å². The maximum atomic E-state index is 11.9. The van der Waals surface area contributed by atoms with Crippen LogP contribution in [0.15, 0.2) is 23.6 Å². The number of thiazole rings is 1. The molecule has 0 spiro atoms. The highest BCUT2D eigenvalue weighted by Crippen LogP contribution is 2.27. The van der Waals surface area contributed by atoms with E-state index in [0.29, 0.717) is 11.3 Å². The van der Waals surface area contributed by atoms with Crippen LogP contribution in [0.3, 0.4) is 0 Å². The van der Waals surface area contributed by atoms with Crippen LogP contribution < -0.4 is 11.1 Å². The third kappa shape index (κ3) is 3.52. The Morgan fingerprint density at radius 1 is 1.43 bits per heavy atom. The maximum absolute atomic E-state index is 11.9. The summed E-state index contributed by atoms with van der Waals surface area (Å²) in [6, 6.07) is 5.38. The van der Waals surface area contributed by atoms with Crippen LogP contribution in [0, 0.1) is 6.92 Å². The summed E-state index contributed by atoms with van der Waals surface area (Å²) in [5.41, 5.74) is 9.01. The first-order chi connectivity index (χ1) is 9.88. The zero-order valence-corrected chi connectivity index (χ0v) is 13.5. The van der Waals surface area contributed by atoms with Gasteiger partial charge in [0.15, 0.2) is 0 Å². The molecule has 1 unspecified atom stereocenters. The average molecular weight is 304 g/mol. The monoisotopic (exact) mass is 304 g/mol. The minimum Gasteiger partial charge on any atom is -0.397 e. The number of nitrogens with zero attached hydrogens (tertiary/aromatic N) is 2. The number of hydrogen-bond donors (Lipinski definition) is 2. The minimum absolute atomic E-state index is 0.0585. The lowest BCUT2D eigenvalue weighted by Gasteiger charge is -2.16. The highest BCUT2D eigenvalue weighted by atomic mass is 32.1. The van der Waals surface area contributed by atoms with Gasteiger partial charge in [-0.25, -0.2) is 4.98 Å². The number of aromatic nitrogens is 1. The number of rotatable bonds is 4. The summed E-state index contributed by atoms with van der Waals surface area (Å²) >= 11 is 1.62. The molecule has 0 fully saturated rings. The number of carbonyl (C=O) groups excluding carboxylic acids is 1. The van der Waals surface area contributed by atoms with E-state index in [9.17, 15) is 4.79 Å². The molecule has 5 nitrogen and oxygen atoms in total. The number of hydrogen-bond acceptors (Lipinski definition) is 5. The molecule has 6 heteroatoms. The number of nitrogen functional groups attached to an aromatic ring is 1. The van der Waals surface area contributed by atoms with Crippen molar-refractivity contribution in [2.45, 2.75) is 19.9 Å². The lowest BCUT2D eigenvalue weighted by atomic mass is 10.1. The van der Waals surface area contributed by atoms with Crippen LogP contribution in [0.1, 0.15) is 34.0 Å². The van der Waals surface area contributed by atoms with Gasteiger partial charge < -0.3 is 16.0 Å². The van der Waals surface area contributed by atoms with E-state index in [1.54, 1.807) is 37.6 Å². The molecular formula is C15H20N4OS. The number of aryl methyl sites for hydroxylation is 1. The zero-order chi connectivity index (χ0) is 15.6. The van der Waals surface area contributed by atoms with Crippen LogP contribution in [-0.2, 0) is 0 Å². The molecule has 0 bridgehead atoms. The Kier molecular flexibility index (Phi) is 4.47. The first kappa shape index (κ1) is 15.3. The molecule has 0 aliphatic carbocycles. The van der Waals surface area contributed by atoms with E-state index in [1.807, 2.05) is 25.3 Å². The fraction of sp³-hybridized carbons (Fsp3) is 0.333. The highest BCUT2D eigenvalue weighted by molar-refractivity contribution is 7.09. The standard InChI is InChI=1S/C15H20N4OS/c1-9-8-21-14(17-9)10(2)18-13-6-5-11(7-12(13)16)15(20)19(3)4/h5-8,10,18H,16H2,1-4H3. The van der Waals surface area contributed by atoms with Gasteiger partial charge >= 0.3 is 0 Å². The van der Waals surface area contributed by atoms with E-state index in [-0.39, 0.29) is 11.9 Å². The Balaban J connectivity index is 2.16. The topological polar surface area (TPSA) is 71.2 Å². The Morgan fingerprint density at radius 2 is 2.14 bits per heavy atom. The van der Waals surface area contributed by atoms with Gasteiger partial charge in [-0.3, -0.25) is 4.79 Å². The van der Waals surface area contributed by atoms with E-state index in [0.717, 1.165) is 16.4 Å². The van der Waals surface area contributed by atoms with E-state index in [1.165, 1.54) is 4.90 Å². The summed E-state index contributed by atoms with van der Waals surface area (Å²) in [6.45, 7) is 4.01. The van der Waals surface area contributed by atoms with E-state index < -0.39 is 0 Å². The molecule has 0 saturated carbocycles. The minimum atomic E-state index is -0.0585. The van der Waals surface area contributed by atoms with Gasteiger partial charge in [-0.1, -0.05) is 0 Å². The second-order valence-electron chi connectivity index (χ2n) is 5.19. The highest BCUT2D eigenvalue weighted by Gasteiger charge is 2.13. The summed E-state index contributed by atoms with van der Waals surface area (Å²) in [5.74, 6) is -0.0585. The Hall–Kier alpha value is -2.08. The van der Waals surface area contributed by atoms with Crippen molar-refractivity contribution in [3.05, 3.63) is 39.8 Å². The molecule has 3 N–H and O–H groups in total. The molecule has 0 aliphatic heterocycles. The smallest absolute Gasteiger partial charge is 0.253 e. The van der Waals surface area contributed by atoms with Crippen molar-refractivity contribution in [3.63, 3.8) is 0 Å². The van der Waals surface area contributed by atoms with Gasteiger partial charge in [0.2, 0.25) is 0 Å². The molecule has 0 aliphatic rings. The molecule has 1 atom stereocenters. The second kappa shape index (κ2) is 6.13. The number of amides is 1. The van der Waals surface area contributed by atoms with Crippen LogP contribution in [0.4, 0.5) is 11.4 Å². The maximum Gasteiger partial charge on any atom is 0.253 e. The fourth-order valence-corrected chi connectivity index (χ4v) is 2.76. The summed E-state index contributed by atoms with van der Waals surface area (Å²) in [7, 11) is 3.44. The van der Waals surface area contributed by atoms with Gasteiger partial charge in [-0.05, 0) is 32.0 Å². The van der Waals surface area contributed by atoms with Gasteiger partial charge in [0.05, 0.1) is 17.4 Å². The summed E-state index contributed by atoms with van der Waals surface area (Å²) < 4.78 is 0. The molecule has 2 aromatic rings. The quantitative estimate of drug-likeness (QED) is 0.852. The number of benzene rings is 1. The van der Waals surface area contributed by atoms with E-state index in [2.05, 4.69) is 10.3 Å². The SMILES string of the molecule is Cc1csc(C(C)Nc2ccc(C(=O)N(C)C)cc2N)n1. The van der Waals surface area contributed by atoms with Crippen molar-refractivity contribution in [3.8, 4) is 0 Å². The van der Waals surface area contributed by atoms with Gasteiger partial charge in [-0.2, -0.15) is 0 Å². The van der Waals surface area contributed by atoms with Crippen molar-refractivity contribution in [1.82, 2.24) is 9.88 Å². The average Bonchev–Trinajstić information content (AvgIpc) is 2.86. The van der Waals surface area contributed by atoms with Crippen molar-refractivity contribution >= 4 is 28.6 Å². The fourth-order valence-electron chi connectivity index (χ4n) is 1.95. The van der Waals surface area contributed by atoms with Crippen LogP contribution in [0.2, 0.25) is 0 Å². The molecule has 21 heavy (non-hydrogen) atoms. The molecule has 0 radical (unpaired) electrons.